The number of hydrogen-bond acceptors (Lipinski definition) is 4. The summed E-state index contributed by atoms with van der Waals surface area (Å²) in [6.07, 6.45) is 2.02. The number of hydrogen-bond donors (Lipinski definition) is 0. The molecule has 0 radical (unpaired) electrons. The van der Waals surface area contributed by atoms with Crippen LogP contribution in [0.4, 0.5) is 0 Å². The minimum atomic E-state index is -0.341. The van der Waals surface area contributed by atoms with E-state index >= 15 is 0 Å². The number of rotatable bonds is 8. The second kappa shape index (κ2) is 8.59. The molecule has 0 N–H and O–H groups in total. The molecule has 5 heteroatoms. The molecule has 1 aromatic rings. The van der Waals surface area contributed by atoms with Gasteiger partial charge in [-0.15, -0.1) is 0 Å². The van der Waals surface area contributed by atoms with E-state index < -0.39 is 0 Å². The molecule has 0 heterocycles. The summed E-state index contributed by atoms with van der Waals surface area (Å²) in [6, 6.07) is 4.82. The van der Waals surface area contributed by atoms with Crippen LogP contribution in [0.3, 0.4) is 0 Å². The Bertz CT molecular complexity index is 471. The second-order valence-corrected chi connectivity index (χ2v) is 4.75. The Labute approximate surface area is 124 Å². The fourth-order valence-corrected chi connectivity index (χ4v) is 1.86. The van der Waals surface area contributed by atoms with E-state index in [9.17, 15) is 9.59 Å². The number of carbonyl (C=O) groups is 2. The predicted molar refractivity (Wildman–Crippen MR) is 77.4 cm³/mol. The Morgan fingerprint density at radius 2 is 2.00 bits per heavy atom. The molecule has 0 aliphatic carbocycles. The lowest BCUT2D eigenvalue weighted by atomic mass is 10.1. The summed E-state index contributed by atoms with van der Waals surface area (Å²) in [5.74, 6) is 0.0376. The Morgan fingerprint density at radius 1 is 1.25 bits per heavy atom. The highest BCUT2D eigenvalue weighted by Gasteiger charge is 2.12. The highest BCUT2D eigenvalue weighted by Crippen LogP contribution is 2.25. The van der Waals surface area contributed by atoms with Crippen LogP contribution in [0, 0.1) is 0 Å². The SMILES string of the molecule is CCCCOC(=O)CCC(=O)c1ccc(OC)c(Cl)c1. The first-order valence-electron chi connectivity index (χ1n) is 6.60. The van der Waals surface area contributed by atoms with Crippen molar-refractivity contribution in [2.45, 2.75) is 32.6 Å². The summed E-state index contributed by atoms with van der Waals surface area (Å²) in [4.78, 5) is 23.3. The Hall–Kier alpha value is -1.55. The van der Waals surface area contributed by atoms with Crippen LogP contribution in [0.5, 0.6) is 5.75 Å². The van der Waals surface area contributed by atoms with Gasteiger partial charge in [0, 0.05) is 12.0 Å². The normalized spacial score (nSPS) is 10.2. The highest BCUT2D eigenvalue weighted by molar-refractivity contribution is 6.32. The number of carbonyl (C=O) groups excluding carboxylic acids is 2. The fourth-order valence-electron chi connectivity index (χ4n) is 1.60. The van der Waals surface area contributed by atoms with E-state index in [0.717, 1.165) is 12.8 Å². The molecule has 0 aliphatic heterocycles. The van der Waals surface area contributed by atoms with E-state index in [1.807, 2.05) is 6.92 Å². The number of benzene rings is 1. The first-order chi connectivity index (χ1) is 9.58. The third kappa shape index (κ3) is 5.21. The predicted octanol–water partition coefficient (Wildman–Crippen LogP) is 3.65. The van der Waals surface area contributed by atoms with Crippen LogP contribution >= 0.6 is 11.6 Å². The molecule has 4 nitrogen and oxygen atoms in total. The van der Waals surface area contributed by atoms with Gasteiger partial charge in [0.2, 0.25) is 0 Å². The van der Waals surface area contributed by atoms with E-state index in [-0.39, 0.29) is 24.6 Å². The first kappa shape index (κ1) is 16.5. The lowest BCUT2D eigenvalue weighted by Gasteiger charge is -2.06. The van der Waals surface area contributed by atoms with Crippen LogP contribution in [0.1, 0.15) is 43.0 Å². The molecule has 0 saturated heterocycles. The number of unbranched alkanes of at least 4 members (excludes halogenated alkanes) is 1. The molecule has 0 atom stereocenters. The Kier molecular flexibility index (Phi) is 7.09. The zero-order chi connectivity index (χ0) is 15.0. The van der Waals surface area contributed by atoms with Crippen LogP contribution in [-0.2, 0) is 9.53 Å². The van der Waals surface area contributed by atoms with Crippen molar-refractivity contribution < 1.29 is 19.1 Å². The molecule has 110 valence electrons. The fraction of sp³-hybridized carbons (Fsp3) is 0.467. The molecule has 0 fully saturated rings. The summed E-state index contributed by atoms with van der Waals surface area (Å²) in [5, 5.41) is 0.379. The number of halogens is 1. The van der Waals surface area contributed by atoms with E-state index in [1.54, 1.807) is 18.2 Å². The third-order valence-electron chi connectivity index (χ3n) is 2.79. The van der Waals surface area contributed by atoms with Crippen molar-refractivity contribution in [3.8, 4) is 5.75 Å². The lowest BCUT2D eigenvalue weighted by Crippen LogP contribution is -2.09. The van der Waals surface area contributed by atoms with Crippen LogP contribution < -0.4 is 4.74 Å². The van der Waals surface area contributed by atoms with E-state index in [1.165, 1.54) is 7.11 Å². The quantitative estimate of drug-likeness (QED) is 0.417. The number of methoxy groups -OCH3 is 1. The van der Waals surface area contributed by atoms with Gasteiger partial charge in [-0.3, -0.25) is 9.59 Å². The van der Waals surface area contributed by atoms with Crippen molar-refractivity contribution >= 4 is 23.4 Å². The molecule has 0 spiro atoms. The van der Waals surface area contributed by atoms with Crippen LogP contribution in [0.2, 0.25) is 5.02 Å². The van der Waals surface area contributed by atoms with E-state index in [4.69, 9.17) is 21.1 Å². The van der Waals surface area contributed by atoms with Crippen molar-refractivity contribution in [3.63, 3.8) is 0 Å². The summed E-state index contributed by atoms with van der Waals surface area (Å²) in [6.45, 7) is 2.43. The maximum atomic E-state index is 11.9. The average molecular weight is 299 g/mol. The maximum Gasteiger partial charge on any atom is 0.306 e. The third-order valence-corrected chi connectivity index (χ3v) is 3.09. The van der Waals surface area contributed by atoms with Crippen molar-refractivity contribution in [3.05, 3.63) is 28.8 Å². The second-order valence-electron chi connectivity index (χ2n) is 4.35. The van der Waals surface area contributed by atoms with Gasteiger partial charge in [0.25, 0.3) is 0 Å². The van der Waals surface area contributed by atoms with Gasteiger partial charge in [0.15, 0.2) is 5.78 Å². The summed E-state index contributed by atoms with van der Waals surface area (Å²) in [5.41, 5.74) is 0.470. The molecule has 0 aliphatic rings. The molecule has 0 aromatic heterocycles. The Morgan fingerprint density at radius 3 is 2.60 bits per heavy atom. The molecular formula is C15H19ClO4. The molecule has 0 saturated carbocycles. The van der Waals surface area contributed by atoms with Gasteiger partial charge in [-0.25, -0.2) is 0 Å². The van der Waals surface area contributed by atoms with E-state index in [0.29, 0.717) is 22.9 Å². The number of Topliss-reactive ketones (excluding diaryl/α,β-unsaturated/α-hetero) is 1. The highest BCUT2D eigenvalue weighted by atomic mass is 35.5. The number of ketones is 1. The van der Waals surface area contributed by atoms with Crippen molar-refractivity contribution in [2.75, 3.05) is 13.7 Å². The number of esters is 1. The number of ether oxygens (including phenoxy) is 2. The van der Waals surface area contributed by atoms with Gasteiger partial charge in [-0.2, -0.15) is 0 Å². The van der Waals surface area contributed by atoms with Gasteiger partial charge in [0.1, 0.15) is 5.75 Å². The molecule has 0 unspecified atom stereocenters. The van der Waals surface area contributed by atoms with Crippen LogP contribution in [0.15, 0.2) is 18.2 Å². The zero-order valence-corrected chi connectivity index (χ0v) is 12.5. The first-order valence-corrected chi connectivity index (χ1v) is 6.98. The van der Waals surface area contributed by atoms with Crippen molar-refractivity contribution in [2.24, 2.45) is 0 Å². The topological polar surface area (TPSA) is 52.6 Å². The molecule has 0 amide bonds. The maximum absolute atomic E-state index is 11.9. The van der Waals surface area contributed by atoms with Gasteiger partial charge in [-0.05, 0) is 24.6 Å². The molecular weight excluding hydrogens is 280 g/mol. The van der Waals surface area contributed by atoms with Crippen LogP contribution in [-0.4, -0.2) is 25.5 Å². The minimum absolute atomic E-state index is 0.0895. The summed E-state index contributed by atoms with van der Waals surface area (Å²) in [7, 11) is 1.51. The van der Waals surface area contributed by atoms with Gasteiger partial charge >= 0.3 is 5.97 Å². The van der Waals surface area contributed by atoms with Crippen molar-refractivity contribution in [1.82, 2.24) is 0 Å². The van der Waals surface area contributed by atoms with Gasteiger partial charge in [-0.1, -0.05) is 24.9 Å². The standard InChI is InChI=1S/C15H19ClO4/c1-3-4-9-20-15(18)8-6-13(17)11-5-7-14(19-2)12(16)10-11/h5,7,10H,3-4,6,8-9H2,1-2H3. The average Bonchev–Trinajstić information content (AvgIpc) is 2.45. The Balaban J connectivity index is 2.46. The van der Waals surface area contributed by atoms with Gasteiger partial charge < -0.3 is 9.47 Å². The smallest absolute Gasteiger partial charge is 0.306 e. The lowest BCUT2D eigenvalue weighted by molar-refractivity contribution is -0.143. The monoisotopic (exact) mass is 298 g/mol. The van der Waals surface area contributed by atoms with Gasteiger partial charge in [0.05, 0.1) is 25.2 Å². The molecule has 20 heavy (non-hydrogen) atoms. The van der Waals surface area contributed by atoms with Crippen LogP contribution in [0.25, 0.3) is 0 Å². The minimum Gasteiger partial charge on any atom is -0.495 e. The molecule has 1 rings (SSSR count). The largest absolute Gasteiger partial charge is 0.495 e. The summed E-state index contributed by atoms with van der Waals surface area (Å²) < 4.78 is 10.0. The zero-order valence-electron chi connectivity index (χ0n) is 11.8. The van der Waals surface area contributed by atoms with E-state index in [2.05, 4.69) is 0 Å². The summed E-state index contributed by atoms with van der Waals surface area (Å²) >= 11 is 5.95. The van der Waals surface area contributed by atoms with Crippen molar-refractivity contribution in [1.29, 1.82) is 0 Å². The molecule has 0 bridgehead atoms. The molecule has 1 aromatic carbocycles.